The molecule has 1 fully saturated rings. The van der Waals surface area contributed by atoms with Crippen molar-refractivity contribution in [1.29, 1.82) is 0 Å². The Morgan fingerprint density at radius 3 is 2.17 bits per heavy atom. The van der Waals surface area contributed by atoms with Gasteiger partial charge in [0.2, 0.25) is 10.0 Å². The number of hydrogen-bond acceptors (Lipinski definition) is 4. The Bertz CT molecular complexity index is 346. The van der Waals surface area contributed by atoms with Gasteiger partial charge in [0.05, 0.1) is 17.5 Å². The van der Waals surface area contributed by atoms with Gasteiger partial charge in [-0.15, -0.1) is 0 Å². The maximum absolute atomic E-state index is 12.4. The predicted octanol–water partition coefficient (Wildman–Crippen LogP) is 0.812. The first-order chi connectivity index (χ1) is 8.23. The molecule has 0 aromatic rings. The zero-order valence-corrected chi connectivity index (χ0v) is 12.8. The molecule has 3 atom stereocenters. The van der Waals surface area contributed by atoms with Gasteiger partial charge in [-0.05, 0) is 20.8 Å². The second-order valence-corrected chi connectivity index (χ2v) is 7.84. The van der Waals surface area contributed by atoms with Crippen molar-refractivity contribution in [2.45, 2.75) is 58.1 Å². The van der Waals surface area contributed by atoms with E-state index in [9.17, 15) is 8.42 Å². The molecule has 0 radical (unpaired) electrons. The molecular weight excluding hydrogens is 252 g/mol. The van der Waals surface area contributed by atoms with E-state index in [0.717, 1.165) is 0 Å². The summed E-state index contributed by atoms with van der Waals surface area (Å²) in [6, 6.07) is 0.296. The van der Waals surface area contributed by atoms with E-state index in [0.29, 0.717) is 25.7 Å². The highest BCUT2D eigenvalue weighted by Crippen LogP contribution is 2.17. The zero-order valence-electron chi connectivity index (χ0n) is 12.0. The number of nitrogens with zero attached hydrogens (tertiary/aromatic N) is 1. The summed E-state index contributed by atoms with van der Waals surface area (Å²) in [5.74, 6) is 0. The molecule has 1 aliphatic heterocycles. The summed E-state index contributed by atoms with van der Waals surface area (Å²) in [5, 5.41) is 2.77. The van der Waals surface area contributed by atoms with Crippen LogP contribution in [-0.4, -0.2) is 55.9 Å². The Balaban J connectivity index is 2.67. The summed E-state index contributed by atoms with van der Waals surface area (Å²) in [7, 11) is -3.23. The van der Waals surface area contributed by atoms with E-state index in [-0.39, 0.29) is 12.2 Å². The number of nitrogens with one attached hydrogen (secondary N) is 1. The highest BCUT2D eigenvalue weighted by molar-refractivity contribution is 7.89. The topological polar surface area (TPSA) is 58.6 Å². The van der Waals surface area contributed by atoms with Crippen LogP contribution >= 0.6 is 0 Å². The van der Waals surface area contributed by atoms with Crippen molar-refractivity contribution < 1.29 is 13.2 Å². The van der Waals surface area contributed by atoms with Gasteiger partial charge >= 0.3 is 0 Å². The summed E-state index contributed by atoms with van der Waals surface area (Å²) in [6.45, 7) is 11.0. The van der Waals surface area contributed by atoms with Gasteiger partial charge in [-0.3, -0.25) is 0 Å². The van der Waals surface area contributed by atoms with Gasteiger partial charge in [-0.2, -0.15) is 4.31 Å². The van der Waals surface area contributed by atoms with Gasteiger partial charge in [0, 0.05) is 25.7 Å². The first-order valence-corrected chi connectivity index (χ1v) is 8.11. The lowest BCUT2D eigenvalue weighted by Crippen LogP contribution is -2.52. The van der Waals surface area contributed by atoms with E-state index in [2.05, 4.69) is 5.32 Å². The van der Waals surface area contributed by atoms with Crippen molar-refractivity contribution in [2.75, 3.05) is 19.6 Å². The average molecular weight is 278 g/mol. The van der Waals surface area contributed by atoms with Crippen molar-refractivity contribution in [3.8, 4) is 0 Å². The van der Waals surface area contributed by atoms with Crippen LogP contribution in [0.1, 0.15) is 34.6 Å². The lowest BCUT2D eigenvalue weighted by atomic mass is 10.3. The molecule has 0 spiro atoms. The Hall–Kier alpha value is -0.170. The summed E-state index contributed by atoms with van der Waals surface area (Å²) in [4.78, 5) is 0. The van der Waals surface area contributed by atoms with E-state index in [1.54, 1.807) is 11.2 Å². The van der Waals surface area contributed by atoms with Gasteiger partial charge in [-0.1, -0.05) is 13.8 Å². The Labute approximate surface area is 111 Å². The molecule has 0 bridgehead atoms. The fraction of sp³-hybridized carbons (Fsp3) is 1.00. The van der Waals surface area contributed by atoms with Crippen LogP contribution in [0.25, 0.3) is 0 Å². The summed E-state index contributed by atoms with van der Waals surface area (Å²) in [6.07, 6.45) is -0.0671. The van der Waals surface area contributed by atoms with Gasteiger partial charge in [0.25, 0.3) is 0 Å². The number of rotatable bonds is 5. The summed E-state index contributed by atoms with van der Waals surface area (Å²) in [5.41, 5.74) is 0. The second kappa shape index (κ2) is 6.32. The highest BCUT2D eigenvalue weighted by Gasteiger charge is 2.34. The molecule has 0 aromatic heterocycles. The second-order valence-electron chi connectivity index (χ2n) is 5.49. The smallest absolute Gasteiger partial charge is 0.218 e. The number of morpholine rings is 1. The van der Waals surface area contributed by atoms with Crippen molar-refractivity contribution in [2.24, 2.45) is 0 Å². The van der Waals surface area contributed by atoms with Gasteiger partial charge in [-0.25, -0.2) is 8.42 Å². The standard InChI is InChI=1S/C12H26N2O3S/c1-9(2)13-6-12(5)18(15,16)14-7-10(3)17-11(4)8-14/h9-13H,6-8H2,1-5H3. The van der Waals surface area contributed by atoms with Crippen LogP contribution in [0.4, 0.5) is 0 Å². The van der Waals surface area contributed by atoms with Crippen LogP contribution in [0.2, 0.25) is 0 Å². The minimum Gasteiger partial charge on any atom is -0.373 e. The monoisotopic (exact) mass is 278 g/mol. The van der Waals surface area contributed by atoms with Gasteiger partial charge < -0.3 is 10.1 Å². The summed E-state index contributed by atoms with van der Waals surface area (Å²) < 4.78 is 32.0. The summed E-state index contributed by atoms with van der Waals surface area (Å²) >= 11 is 0. The van der Waals surface area contributed by atoms with E-state index in [1.165, 1.54) is 0 Å². The van der Waals surface area contributed by atoms with Crippen molar-refractivity contribution >= 4 is 10.0 Å². The molecule has 1 rings (SSSR count). The van der Waals surface area contributed by atoms with Crippen LogP contribution in [0.3, 0.4) is 0 Å². The number of hydrogen-bond donors (Lipinski definition) is 1. The van der Waals surface area contributed by atoms with E-state index in [4.69, 9.17) is 4.74 Å². The lowest BCUT2D eigenvalue weighted by molar-refractivity contribution is -0.0442. The van der Waals surface area contributed by atoms with Crippen LogP contribution < -0.4 is 5.32 Å². The molecule has 0 aromatic carbocycles. The molecule has 1 heterocycles. The lowest BCUT2D eigenvalue weighted by Gasteiger charge is -2.36. The fourth-order valence-electron chi connectivity index (χ4n) is 2.10. The van der Waals surface area contributed by atoms with E-state index in [1.807, 2.05) is 27.7 Å². The minimum atomic E-state index is -3.23. The molecule has 1 saturated heterocycles. The maximum atomic E-state index is 12.4. The fourth-order valence-corrected chi connectivity index (χ4v) is 3.75. The minimum absolute atomic E-state index is 0.0335. The van der Waals surface area contributed by atoms with Crippen LogP contribution in [0, 0.1) is 0 Å². The molecule has 0 amide bonds. The van der Waals surface area contributed by atoms with Crippen molar-refractivity contribution in [3.63, 3.8) is 0 Å². The number of ether oxygens (including phenoxy) is 1. The molecule has 1 N–H and O–H groups in total. The van der Waals surface area contributed by atoms with Gasteiger partial charge in [0.1, 0.15) is 0 Å². The average Bonchev–Trinajstić information content (AvgIpc) is 2.24. The molecule has 1 aliphatic rings. The Morgan fingerprint density at radius 2 is 1.72 bits per heavy atom. The molecule has 6 heteroatoms. The maximum Gasteiger partial charge on any atom is 0.218 e. The third kappa shape index (κ3) is 4.19. The molecule has 5 nitrogen and oxygen atoms in total. The zero-order chi connectivity index (χ0) is 13.9. The number of sulfonamides is 1. The molecule has 3 unspecified atom stereocenters. The Kier molecular flexibility index (Phi) is 5.58. The quantitative estimate of drug-likeness (QED) is 0.808. The van der Waals surface area contributed by atoms with Gasteiger partial charge in [0.15, 0.2) is 0 Å². The largest absolute Gasteiger partial charge is 0.373 e. The third-order valence-corrected chi connectivity index (χ3v) is 5.27. The Morgan fingerprint density at radius 1 is 1.22 bits per heavy atom. The molecular formula is C12H26N2O3S. The predicted molar refractivity (Wildman–Crippen MR) is 73.1 cm³/mol. The SMILES string of the molecule is CC(C)NCC(C)S(=O)(=O)N1CC(C)OC(C)C1. The van der Waals surface area contributed by atoms with Crippen molar-refractivity contribution in [1.82, 2.24) is 9.62 Å². The first-order valence-electron chi connectivity index (χ1n) is 6.61. The van der Waals surface area contributed by atoms with E-state index >= 15 is 0 Å². The van der Waals surface area contributed by atoms with Crippen LogP contribution in [0.5, 0.6) is 0 Å². The third-order valence-electron chi connectivity index (χ3n) is 3.07. The normalized spacial score (nSPS) is 28.6. The molecule has 18 heavy (non-hydrogen) atoms. The van der Waals surface area contributed by atoms with Crippen molar-refractivity contribution in [3.05, 3.63) is 0 Å². The molecule has 0 aliphatic carbocycles. The molecule has 108 valence electrons. The van der Waals surface area contributed by atoms with E-state index < -0.39 is 15.3 Å². The molecule has 0 saturated carbocycles. The highest BCUT2D eigenvalue weighted by atomic mass is 32.2. The van der Waals surface area contributed by atoms with Crippen LogP contribution in [-0.2, 0) is 14.8 Å². The first kappa shape index (κ1) is 15.9. The van der Waals surface area contributed by atoms with Crippen LogP contribution in [0.15, 0.2) is 0 Å².